The Hall–Kier alpha value is -1.87. The zero-order chi connectivity index (χ0) is 14.7. The van der Waals surface area contributed by atoms with E-state index < -0.39 is 11.9 Å². The molecule has 2 nitrogen and oxygen atoms in total. The molecule has 106 valence electrons. The van der Waals surface area contributed by atoms with Crippen molar-refractivity contribution in [1.82, 2.24) is 0 Å². The second-order valence-corrected chi connectivity index (χ2v) is 5.16. The summed E-state index contributed by atoms with van der Waals surface area (Å²) in [6.07, 6.45) is 0. The van der Waals surface area contributed by atoms with Gasteiger partial charge in [0.15, 0.2) is 11.6 Å². The van der Waals surface area contributed by atoms with E-state index in [0.717, 1.165) is 5.56 Å². The van der Waals surface area contributed by atoms with E-state index in [1.807, 2.05) is 24.3 Å². The van der Waals surface area contributed by atoms with Crippen molar-refractivity contribution in [2.24, 2.45) is 5.73 Å². The minimum Gasteiger partial charge on any atom is -0.494 e. The Labute approximate surface area is 119 Å². The van der Waals surface area contributed by atoms with E-state index in [4.69, 9.17) is 10.5 Å². The van der Waals surface area contributed by atoms with Gasteiger partial charge in [-0.05, 0) is 23.1 Å². The van der Waals surface area contributed by atoms with Gasteiger partial charge < -0.3 is 10.5 Å². The molecule has 0 aromatic heterocycles. The van der Waals surface area contributed by atoms with Gasteiger partial charge in [-0.25, -0.2) is 4.39 Å². The van der Waals surface area contributed by atoms with Crippen LogP contribution in [0.4, 0.5) is 4.39 Å². The molecule has 2 N–H and O–H groups in total. The van der Waals surface area contributed by atoms with Crippen LogP contribution in [-0.2, 0) is 0 Å². The summed E-state index contributed by atoms with van der Waals surface area (Å²) in [4.78, 5) is 0. The first-order chi connectivity index (χ1) is 9.54. The Balaban J connectivity index is 2.33. The van der Waals surface area contributed by atoms with Gasteiger partial charge in [-0.1, -0.05) is 50.2 Å². The molecule has 2 rings (SSSR count). The molecule has 1 atom stereocenters. The Morgan fingerprint density at radius 2 is 1.60 bits per heavy atom. The Kier molecular flexibility index (Phi) is 4.40. The summed E-state index contributed by atoms with van der Waals surface area (Å²) in [6, 6.07) is 12.5. The molecular formula is C17H20FNO. The van der Waals surface area contributed by atoms with E-state index in [9.17, 15) is 4.39 Å². The van der Waals surface area contributed by atoms with Gasteiger partial charge in [0.05, 0.1) is 13.2 Å². The topological polar surface area (TPSA) is 35.2 Å². The van der Waals surface area contributed by atoms with Crippen molar-refractivity contribution in [3.05, 3.63) is 65.0 Å². The van der Waals surface area contributed by atoms with Crippen LogP contribution in [0.15, 0.2) is 42.5 Å². The minimum atomic E-state index is -0.494. The normalized spacial score (nSPS) is 12.5. The second-order valence-electron chi connectivity index (χ2n) is 5.16. The van der Waals surface area contributed by atoms with Gasteiger partial charge in [0.2, 0.25) is 0 Å². The second kappa shape index (κ2) is 6.06. The van der Waals surface area contributed by atoms with Crippen LogP contribution in [0, 0.1) is 5.82 Å². The van der Waals surface area contributed by atoms with Crippen LogP contribution in [0.3, 0.4) is 0 Å². The molecule has 0 spiro atoms. The van der Waals surface area contributed by atoms with Crippen LogP contribution >= 0.6 is 0 Å². The molecule has 0 saturated carbocycles. The Bertz CT molecular complexity index is 578. The van der Waals surface area contributed by atoms with Crippen molar-refractivity contribution in [1.29, 1.82) is 0 Å². The number of nitrogens with two attached hydrogens (primary N) is 1. The molecule has 1 unspecified atom stereocenters. The maximum absolute atomic E-state index is 14.2. The summed E-state index contributed by atoms with van der Waals surface area (Å²) in [5, 5.41) is 0. The predicted octanol–water partition coefficient (Wildman–Crippen LogP) is 4.01. The van der Waals surface area contributed by atoms with Gasteiger partial charge in [-0.2, -0.15) is 0 Å². The smallest absolute Gasteiger partial charge is 0.170 e. The van der Waals surface area contributed by atoms with E-state index in [2.05, 4.69) is 13.8 Å². The molecule has 3 heteroatoms. The zero-order valence-corrected chi connectivity index (χ0v) is 12.1. The molecule has 0 heterocycles. The number of methoxy groups -OCH3 is 1. The number of rotatable bonds is 4. The fourth-order valence-corrected chi connectivity index (χ4v) is 2.19. The molecular weight excluding hydrogens is 253 g/mol. The number of hydrogen-bond donors (Lipinski definition) is 1. The molecule has 2 aromatic carbocycles. The molecule has 0 amide bonds. The molecule has 0 aliphatic heterocycles. The first kappa shape index (κ1) is 14.5. The van der Waals surface area contributed by atoms with Crippen molar-refractivity contribution < 1.29 is 9.13 Å². The number of halogens is 1. The van der Waals surface area contributed by atoms with Crippen molar-refractivity contribution >= 4 is 0 Å². The number of ether oxygens (including phenoxy) is 1. The maximum atomic E-state index is 14.2. The zero-order valence-electron chi connectivity index (χ0n) is 12.1. The van der Waals surface area contributed by atoms with E-state index >= 15 is 0 Å². The molecule has 0 aliphatic carbocycles. The lowest BCUT2D eigenvalue weighted by Crippen LogP contribution is -2.14. The van der Waals surface area contributed by atoms with E-state index in [1.165, 1.54) is 12.7 Å². The molecule has 0 saturated heterocycles. The lowest BCUT2D eigenvalue weighted by molar-refractivity contribution is 0.383. The fourth-order valence-electron chi connectivity index (χ4n) is 2.19. The average Bonchev–Trinajstić information content (AvgIpc) is 2.47. The van der Waals surface area contributed by atoms with Gasteiger partial charge in [-0.3, -0.25) is 0 Å². The van der Waals surface area contributed by atoms with Crippen molar-refractivity contribution in [3.63, 3.8) is 0 Å². The molecule has 0 radical (unpaired) electrons. The van der Waals surface area contributed by atoms with Gasteiger partial charge in [0.25, 0.3) is 0 Å². The first-order valence-electron chi connectivity index (χ1n) is 6.72. The molecule has 0 fully saturated rings. The summed E-state index contributed by atoms with van der Waals surface area (Å²) in [5.41, 5.74) is 8.75. The third-order valence-corrected chi connectivity index (χ3v) is 3.51. The minimum absolute atomic E-state index is 0.219. The molecule has 20 heavy (non-hydrogen) atoms. The lowest BCUT2D eigenvalue weighted by atomic mass is 9.95. The largest absolute Gasteiger partial charge is 0.494 e. The van der Waals surface area contributed by atoms with Gasteiger partial charge in [0.1, 0.15) is 0 Å². The molecule has 0 aliphatic rings. The highest BCUT2D eigenvalue weighted by molar-refractivity contribution is 5.39. The van der Waals surface area contributed by atoms with E-state index in [1.54, 1.807) is 18.2 Å². The third-order valence-electron chi connectivity index (χ3n) is 3.51. The highest BCUT2D eigenvalue weighted by Crippen LogP contribution is 2.28. The Morgan fingerprint density at radius 3 is 2.15 bits per heavy atom. The lowest BCUT2D eigenvalue weighted by Gasteiger charge is -2.16. The average molecular weight is 273 g/mol. The number of hydrogen-bond acceptors (Lipinski definition) is 2. The van der Waals surface area contributed by atoms with Gasteiger partial charge in [-0.15, -0.1) is 0 Å². The monoisotopic (exact) mass is 273 g/mol. The summed E-state index contributed by atoms with van der Waals surface area (Å²) in [7, 11) is 1.45. The quantitative estimate of drug-likeness (QED) is 0.913. The van der Waals surface area contributed by atoms with Crippen LogP contribution in [0.2, 0.25) is 0 Å². The third kappa shape index (κ3) is 2.83. The van der Waals surface area contributed by atoms with Crippen molar-refractivity contribution in [3.8, 4) is 5.75 Å². The summed E-state index contributed by atoms with van der Waals surface area (Å²) < 4.78 is 19.2. The predicted molar refractivity (Wildman–Crippen MR) is 79.5 cm³/mol. The van der Waals surface area contributed by atoms with E-state index in [0.29, 0.717) is 11.5 Å². The van der Waals surface area contributed by atoms with Crippen LogP contribution in [0.5, 0.6) is 5.75 Å². The van der Waals surface area contributed by atoms with Crippen molar-refractivity contribution in [2.75, 3.05) is 7.11 Å². The fraction of sp³-hybridized carbons (Fsp3) is 0.294. The van der Waals surface area contributed by atoms with Crippen LogP contribution < -0.4 is 10.5 Å². The number of benzene rings is 2. The van der Waals surface area contributed by atoms with Crippen LogP contribution in [0.25, 0.3) is 0 Å². The van der Waals surface area contributed by atoms with Crippen LogP contribution in [0.1, 0.15) is 42.5 Å². The summed E-state index contributed by atoms with van der Waals surface area (Å²) in [5.74, 6) is 0.293. The standard InChI is InChI=1S/C17H20FNO/c1-11(2)12-7-9-13(10-8-12)17(19)14-5-4-6-15(20-3)16(14)18/h4-11,17H,19H2,1-3H3. The molecule has 0 bridgehead atoms. The SMILES string of the molecule is COc1cccc(C(N)c2ccc(C(C)C)cc2)c1F. The van der Waals surface area contributed by atoms with Crippen molar-refractivity contribution in [2.45, 2.75) is 25.8 Å². The summed E-state index contributed by atoms with van der Waals surface area (Å²) >= 11 is 0. The maximum Gasteiger partial charge on any atom is 0.170 e. The Morgan fingerprint density at radius 1 is 1.00 bits per heavy atom. The first-order valence-corrected chi connectivity index (χ1v) is 6.72. The summed E-state index contributed by atoms with van der Waals surface area (Å²) in [6.45, 7) is 4.27. The highest BCUT2D eigenvalue weighted by Gasteiger charge is 2.16. The molecule has 2 aromatic rings. The van der Waals surface area contributed by atoms with Gasteiger partial charge >= 0.3 is 0 Å². The highest BCUT2D eigenvalue weighted by atomic mass is 19.1. The van der Waals surface area contributed by atoms with Gasteiger partial charge in [0, 0.05) is 5.56 Å². The van der Waals surface area contributed by atoms with E-state index in [-0.39, 0.29) is 5.75 Å². The van der Waals surface area contributed by atoms with Crippen LogP contribution in [-0.4, -0.2) is 7.11 Å².